The Balaban J connectivity index is 0.000000617. The number of carboxylic acids is 2. The summed E-state index contributed by atoms with van der Waals surface area (Å²) in [6.07, 6.45) is -13.1. The lowest BCUT2D eigenvalue weighted by atomic mass is 9.80. The normalized spacial score (nSPS) is 15.5. The second-order valence-electron chi connectivity index (χ2n) is 34.0. The molecule has 37 heteroatoms. The number of halogens is 9. The zero-order valence-corrected chi connectivity index (χ0v) is 76.3. The number of primary amides is 2. The molecule has 1 heterocycles. The van der Waals surface area contributed by atoms with Gasteiger partial charge in [-0.1, -0.05) is 74.4 Å². The average Bonchev–Trinajstić information content (AvgIpc) is 0.748. The van der Waals surface area contributed by atoms with Crippen molar-refractivity contribution in [3.05, 3.63) is 124 Å². The van der Waals surface area contributed by atoms with E-state index in [0.29, 0.717) is 111 Å². The SMILES string of the molecule is CCOC(=O)N1c2ccc(C(F)(F)F)cc2[C@@H](N(Cc2cc(C(F)(F)F)cc(C(F)(F)F)c2)C(=O)OC)C[C@H]1CC.COCCCOc1cc(C[C@@H](C[C@H](N)[C@@H](O)C[C@H](C(=O)NCC(C)(C)C(N)=O)C(C)C)C(C)C)ccc1OC.COCCCOc1cc(C[C@@H](C[C@H](N)[C@@H](O)C[C@H](C(=O)NCC(C)(C)C(N)=O)C(C)C)C(C)C)ccc1OC.O=C(O)/C=C/C(=O)O. The summed E-state index contributed by atoms with van der Waals surface area (Å²) in [5.41, 5.74) is 19.1. The summed E-state index contributed by atoms with van der Waals surface area (Å²) in [6, 6.07) is 12.0. The van der Waals surface area contributed by atoms with Gasteiger partial charge in [0.1, 0.15) is 0 Å². The predicted octanol–water partition coefficient (Wildman–Crippen LogP) is 14.5. The molecule has 10 atom stereocenters. The first kappa shape index (κ1) is 113. The van der Waals surface area contributed by atoms with Crippen LogP contribution in [0.5, 0.6) is 23.0 Å². The molecule has 1 aliphatic heterocycles. The molecule has 1 aliphatic rings. The number of aliphatic carboxylic acids is 2. The third-order valence-electron chi connectivity index (χ3n) is 21.9. The lowest BCUT2D eigenvalue weighted by Gasteiger charge is -2.43. The number of hydrogen-bond donors (Lipinski definition) is 10. The Hall–Kier alpha value is -9.69. The number of rotatable bonds is 45. The van der Waals surface area contributed by atoms with Crippen LogP contribution < -0.4 is 57.4 Å². The third-order valence-corrected chi connectivity index (χ3v) is 21.9. The Labute approximate surface area is 739 Å². The van der Waals surface area contributed by atoms with Gasteiger partial charge in [-0.2, -0.15) is 39.5 Å². The third kappa shape index (κ3) is 38.3. The van der Waals surface area contributed by atoms with Crippen LogP contribution in [0.15, 0.2) is 84.9 Å². The van der Waals surface area contributed by atoms with Gasteiger partial charge < -0.3 is 91.9 Å². The number of methoxy groups -OCH3 is 5. The molecule has 6 amide bonds. The first-order valence-electron chi connectivity index (χ1n) is 42.0. The Morgan fingerprint density at radius 1 is 0.528 bits per heavy atom. The zero-order chi connectivity index (χ0) is 97.0. The Morgan fingerprint density at radius 2 is 0.929 bits per heavy atom. The Bertz CT molecular complexity index is 3950. The molecule has 0 fully saturated rings. The van der Waals surface area contributed by atoms with Gasteiger partial charge in [-0.15, -0.1) is 0 Å². The van der Waals surface area contributed by atoms with E-state index >= 15 is 0 Å². The molecule has 0 saturated carbocycles. The Kier molecular flexibility index (Phi) is 47.6. The molecule has 0 unspecified atom stereocenters. The van der Waals surface area contributed by atoms with Crippen LogP contribution in [0.2, 0.25) is 0 Å². The summed E-state index contributed by atoms with van der Waals surface area (Å²) >= 11 is 0. The number of benzene rings is 4. The van der Waals surface area contributed by atoms with Crippen molar-refractivity contribution in [1.29, 1.82) is 0 Å². The Morgan fingerprint density at radius 3 is 1.25 bits per heavy atom. The number of ether oxygens (including phenoxy) is 8. The second-order valence-corrected chi connectivity index (χ2v) is 34.0. The lowest BCUT2D eigenvalue weighted by Crippen LogP contribution is -2.48. The van der Waals surface area contributed by atoms with Crippen molar-refractivity contribution < 1.29 is 136 Å². The number of nitrogens with one attached hydrogen (secondary N) is 2. The largest absolute Gasteiger partial charge is 0.493 e. The first-order valence-corrected chi connectivity index (χ1v) is 42.0. The molecule has 0 aliphatic carbocycles. The molecular weight excluding hydrogens is 1680 g/mol. The molecule has 0 radical (unpaired) electrons. The molecule has 14 N–H and O–H groups in total. The number of carbonyl (C=O) groups is 8. The highest BCUT2D eigenvalue weighted by Gasteiger charge is 2.45. The molecule has 5 rings (SSSR count). The highest BCUT2D eigenvalue weighted by Crippen LogP contribution is 2.47. The van der Waals surface area contributed by atoms with E-state index in [2.05, 4.69) is 38.3 Å². The lowest BCUT2D eigenvalue weighted by molar-refractivity contribution is -0.143. The van der Waals surface area contributed by atoms with Gasteiger partial charge in [-0.25, -0.2) is 19.2 Å². The fourth-order valence-corrected chi connectivity index (χ4v) is 13.6. The number of carbonyl (C=O) groups excluding carboxylic acids is 6. The molecule has 4 aromatic carbocycles. The van der Waals surface area contributed by atoms with Crippen molar-refractivity contribution >= 4 is 53.4 Å². The number of alkyl halides is 9. The minimum atomic E-state index is -5.17. The zero-order valence-electron chi connectivity index (χ0n) is 76.3. The van der Waals surface area contributed by atoms with Crippen LogP contribution in [-0.4, -0.2) is 185 Å². The van der Waals surface area contributed by atoms with Crippen molar-refractivity contribution in [2.24, 2.45) is 81.1 Å². The molecule has 127 heavy (non-hydrogen) atoms. The monoisotopic (exact) mass is 1820 g/mol. The maximum atomic E-state index is 13.7. The van der Waals surface area contributed by atoms with Gasteiger partial charge in [0.2, 0.25) is 23.6 Å². The summed E-state index contributed by atoms with van der Waals surface area (Å²) < 4.78 is 165. The highest BCUT2D eigenvalue weighted by atomic mass is 19.4. The number of anilines is 1. The van der Waals surface area contributed by atoms with Crippen molar-refractivity contribution in [2.45, 2.75) is 223 Å². The smallest absolute Gasteiger partial charge is 0.416 e. The molecule has 718 valence electrons. The van der Waals surface area contributed by atoms with Crippen molar-refractivity contribution in [3.8, 4) is 23.0 Å². The molecule has 0 bridgehead atoms. The van der Waals surface area contributed by atoms with Gasteiger partial charge >= 0.3 is 42.7 Å². The van der Waals surface area contributed by atoms with Crippen LogP contribution in [0.3, 0.4) is 0 Å². The van der Waals surface area contributed by atoms with E-state index in [9.17, 15) is 88.1 Å². The quantitative estimate of drug-likeness (QED) is 0.0112. The molecule has 4 aromatic rings. The van der Waals surface area contributed by atoms with E-state index in [4.69, 9.17) is 71.0 Å². The van der Waals surface area contributed by atoms with E-state index in [-0.39, 0.29) is 98.2 Å². The topological polar surface area (TPSA) is 426 Å². The molecular formula is C90H135F9N8O20. The van der Waals surface area contributed by atoms with Crippen LogP contribution in [0.4, 0.5) is 54.8 Å². The van der Waals surface area contributed by atoms with Crippen molar-refractivity contribution in [2.75, 3.05) is 86.6 Å². The fourth-order valence-electron chi connectivity index (χ4n) is 13.6. The molecule has 0 aromatic heterocycles. The number of fused-ring (bicyclic) bond motifs is 1. The van der Waals surface area contributed by atoms with Gasteiger partial charge in [0, 0.05) is 102 Å². The number of nitrogens with two attached hydrogens (primary N) is 4. The van der Waals surface area contributed by atoms with Gasteiger partial charge in [0.15, 0.2) is 23.0 Å². The van der Waals surface area contributed by atoms with Gasteiger partial charge in [-0.05, 0) is 204 Å². The van der Waals surface area contributed by atoms with Crippen molar-refractivity contribution in [1.82, 2.24) is 15.5 Å². The molecule has 0 saturated heterocycles. The second kappa shape index (κ2) is 53.3. The number of aliphatic hydroxyl groups is 2. The number of amides is 6. The van der Waals surface area contributed by atoms with E-state index in [1.165, 1.54) is 6.92 Å². The van der Waals surface area contributed by atoms with Crippen LogP contribution in [0.25, 0.3) is 0 Å². The van der Waals surface area contributed by atoms with Crippen LogP contribution in [-0.2, 0) is 85.6 Å². The highest BCUT2D eigenvalue weighted by molar-refractivity contribution is 5.91. The summed E-state index contributed by atoms with van der Waals surface area (Å²) in [6.45, 7) is 28.0. The van der Waals surface area contributed by atoms with E-state index in [1.807, 2.05) is 64.1 Å². The minimum absolute atomic E-state index is 0.00829. The van der Waals surface area contributed by atoms with Gasteiger partial charge in [0.05, 0.1) is 92.6 Å². The first-order chi connectivity index (χ1) is 59.0. The van der Waals surface area contributed by atoms with Gasteiger partial charge in [-0.3, -0.25) is 29.0 Å². The van der Waals surface area contributed by atoms with Crippen molar-refractivity contribution in [3.63, 3.8) is 0 Å². The summed E-state index contributed by atoms with van der Waals surface area (Å²) in [7, 11) is 7.48. The van der Waals surface area contributed by atoms with E-state index in [0.717, 1.165) is 59.8 Å². The number of carboxylic acid groups (broad SMARTS) is 2. The summed E-state index contributed by atoms with van der Waals surface area (Å²) in [5, 5.41) is 43.4. The number of hydrogen-bond acceptors (Lipinski definition) is 20. The number of aliphatic hydroxyl groups excluding tert-OH is 2. The summed E-state index contributed by atoms with van der Waals surface area (Å²) in [5.74, 6) is -0.929. The summed E-state index contributed by atoms with van der Waals surface area (Å²) in [4.78, 5) is 95.8. The predicted molar refractivity (Wildman–Crippen MR) is 460 cm³/mol. The molecule has 0 spiro atoms. The van der Waals surface area contributed by atoms with Crippen LogP contribution in [0, 0.1) is 58.2 Å². The molecule has 28 nitrogen and oxygen atoms in total. The fraction of sp³-hybridized carbons (Fsp3) is 0.622. The average molecular weight is 1820 g/mol. The maximum Gasteiger partial charge on any atom is 0.416 e. The van der Waals surface area contributed by atoms with E-state index in [1.54, 1.807) is 63.1 Å². The standard InChI is InChI=1S/2C30H53N3O6.C26H25F9N2O4.C4H4O4/c2*1-19(2)22(14-21-10-11-26(38-8)27(15-21)39-13-9-12-37-7)16-24(31)25(34)17-23(20(3)4)28(35)33-18-30(5,6)29(32)36;1-4-18-12-21(19-11-15(24(27,28)29)6-7-20(19)37(18)23(39)41-5-2)36(22(38)40-3)13-14-8-16(25(30,31)32)10-17(9-14)26(33,34)35;5-3(6)1-2-4(7)8/h2*10-11,15,19-20,22-25,34H,9,12-14,16-18,31H2,1-8H3,(H2,32,36)(H,33,35);6-11,18,21H,4-5,12-13H2,1-3H3;1-2H,(H,5,6)(H,7,8)/b;;;2-1+/t2*22-,23-,24-,25-;18-,21+;/m001./s1. The maximum absolute atomic E-state index is 13.7. The van der Waals surface area contributed by atoms with Crippen LogP contribution >= 0.6 is 0 Å². The number of nitrogens with zero attached hydrogens (tertiary/aromatic N) is 2. The van der Waals surface area contributed by atoms with E-state index < -0.39 is 142 Å². The minimum Gasteiger partial charge on any atom is -0.493 e. The van der Waals surface area contributed by atoms with Crippen LogP contribution in [0.1, 0.15) is 193 Å². The van der Waals surface area contributed by atoms with Gasteiger partial charge in [0.25, 0.3) is 0 Å².